The fourth-order valence-corrected chi connectivity index (χ4v) is 4.47. The summed E-state index contributed by atoms with van der Waals surface area (Å²) in [4.78, 5) is 26.4. The quantitative estimate of drug-likeness (QED) is 0.696. The van der Waals surface area contributed by atoms with Crippen LogP contribution < -0.4 is 10.6 Å². The Hall–Kier alpha value is -0.500. The minimum atomic E-state index is -0.319. The molecule has 6 nitrogen and oxygen atoms in total. The van der Waals surface area contributed by atoms with E-state index >= 15 is 0 Å². The van der Waals surface area contributed by atoms with Crippen LogP contribution in [0.2, 0.25) is 0 Å². The van der Waals surface area contributed by atoms with Crippen molar-refractivity contribution in [2.75, 3.05) is 45.0 Å². The van der Waals surface area contributed by atoms with Crippen LogP contribution in [0.1, 0.15) is 32.6 Å². The van der Waals surface area contributed by atoms with Crippen LogP contribution in [-0.4, -0.2) is 67.7 Å². The monoisotopic (exact) mass is 379 g/mol. The second-order valence-electron chi connectivity index (χ2n) is 6.53. The van der Waals surface area contributed by atoms with Crippen molar-refractivity contribution in [1.82, 2.24) is 15.5 Å². The van der Waals surface area contributed by atoms with E-state index in [0.717, 1.165) is 32.4 Å². The second-order valence-corrected chi connectivity index (χ2v) is 7.53. The van der Waals surface area contributed by atoms with Crippen molar-refractivity contribution in [3.8, 4) is 0 Å². The highest BCUT2D eigenvalue weighted by Crippen LogP contribution is 2.29. The van der Waals surface area contributed by atoms with Gasteiger partial charge in [0.2, 0.25) is 11.8 Å². The average molecular weight is 380 g/mol. The third-order valence-electron chi connectivity index (χ3n) is 4.72. The molecule has 2 amide bonds. The van der Waals surface area contributed by atoms with E-state index in [4.69, 9.17) is 4.74 Å². The summed E-state index contributed by atoms with van der Waals surface area (Å²) in [5.74, 6) is 1.39. The molecular weight excluding hydrogens is 350 g/mol. The second kappa shape index (κ2) is 10.5. The first-order chi connectivity index (χ1) is 11.1. The number of hydrogen-bond donors (Lipinski definition) is 2. The molecular formula is C16H30ClN3O3S. The number of halogens is 1. The lowest BCUT2D eigenvalue weighted by atomic mass is 9.79. The van der Waals surface area contributed by atoms with Gasteiger partial charge in [-0.1, -0.05) is 6.92 Å². The van der Waals surface area contributed by atoms with E-state index < -0.39 is 0 Å². The summed E-state index contributed by atoms with van der Waals surface area (Å²) in [6.45, 7) is 5.19. The number of ether oxygens (including phenoxy) is 1. The fourth-order valence-electron chi connectivity index (χ4n) is 3.29. The van der Waals surface area contributed by atoms with Gasteiger partial charge in [-0.25, -0.2) is 0 Å². The van der Waals surface area contributed by atoms with Crippen molar-refractivity contribution in [3.05, 3.63) is 0 Å². The van der Waals surface area contributed by atoms with Gasteiger partial charge in [-0.3, -0.25) is 9.59 Å². The van der Waals surface area contributed by atoms with E-state index in [1.807, 2.05) is 6.92 Å². The summed E-state index contributed by atoms with van der Waals surface area (Å²) in [6, 6.07) is -0.319. The maximum absolute atomic E-state index is 12.6. The number of thioether (sulfide) groups is 1. The number of nitrogens with one attached hydrogen (secondary N) is 2. The third-order valence-corrected chi connectivity index (χ3v) is 5.73. The highest BCUT2D eigenvalue weighted by Gasteiger charge is 2.37. The molecule has 0 spiro atoms. The topological polar surface area (TPSA) is 70.7 Å². The van der Waals surface area contributed by atoms with Gasteiger partial charge < -0.3 is 20.3 Å². The summed E-state index contributed by atoms with van der Waals surface area (Å²) < 4.78 is 5.39. The summed E-state index contributed by atoms with van der Waals surface area (Å²) in [7, 11) is 1.71. The van der Waals surface area contributed by atoms with Crippen LogP contribution in [0, 0.1) is 5.41 Å². The van der Waals surface area contributed by atoms with Crippen LogP contribution in [-0.2, 0) is 14.3 Å². The number of nitrogens with zero attached hydrogens (tertiary/aromatic N) is 1. The van der Waals surface area contributed by atoms with E-state index in [9.17, 15) is 9.59 Å². The van der Waals surface area contributed by atoms with E-state index in [1.165, 1.54) is 0 Å². The van der Waals surface area contributed by atoms with Gasteiger partial charge in [-0.05, 0) is 32.4 Å². The Bertz CT molecular complexity index is 414. The highest BCUT2D eigenvalue weighted by atomic mass is 35.5. The lowest BCUT2D eigenvalue weighted by Crippen LogP contribution is -2.52. The molecule has 0 aliphatic carbocycles. The van der Waals surface area contributed by atoms with Crippen molar-refractivity contribution in [3.63, 3.8) is 0 Å². The summed E-state index contributed by atoms with van der Waals surface area (Å²) in [6.07, 6.45) is 3.33. The molecule has 0 aromatic rings. The van der Waals surface area contributed by atoms with Gasteiger partial charge in [-0.15, -0.1) is 24.2 Å². The van der Waals surface area contributed by atoms with Crippen molar-refractivity contribution in [2.45, 2.75) is 38.6 Å². The van der Waals surface area contributed by atoms with Gasteiger partial charge in [0.1, 0.15) is 6.04 Å². The molecule has 140 valence electrons. The number of hydrogen-bond acceptors (Lipinski definition) is 5. The summed E-state index contributed by atoms with van der Waals surface area (Å²) >= 11 is 1.65. The Balaban J connectivity index is 0.00000288. The van der Waals surface area contributed by atoms with Crippen molar-refractivity contribution < 1.29 is 14.3 Å². The Morgan fingerprint density at radius 3 is 2.71 bits per heavy atom. The zero-order valence-electron chi connectivity index (χ0n) is 14.6. The first-order valence-electron chi connectivity index (χ1n) is 8.46. The smallest absolute Gasteiger partial charge is 0.243 e. The van der Waals surface area contributed by atoms with Gasteiger partial charge in [0.05, 0.1) is 12.5 Å². The van der Waals surface area contributed by atoms with E-state index in [1.54, 1.807) is 23.8 Å². The number of methoxy groups -OCH3 is 1. The predicted octanol–water partition coefficient (Wildman–Crippen LogP) is 1.24. The maximum Gasteiger partial charge on any atom is 0.243 e. The number of carbonyl (C=O) groups is 2. The van der Waals surface area contributed by atoms with Gasteiger partial charge in [0.25, 0.3) is 0 Å². The van der Waals surface area contributed by atoms with Crippen molar-refractivity contribution in [1.29, 1.82) is 0 Å². The van der Waals surface area contributed by atoms with Gasteiger partial charge in [0.15, 0.2) is 0 Å². The maximum atomic E-state index is 12.6. The standard InChI is InChI=1S/C16H29N3O3S.ClH/c1-3-4-14(20)19-12-23-9-13(19)15(21)18-10-16(11-22-2)5-7-17-8-6-16;/h13,17H,3-12H2,1-2H3,(H,18,21);1H. The molecule has 8 heteroatoms. The average Bonchev–Trinajstić information content (AvgIpc) is 3.04. The molecule has 24 heavy (non-hydrogen) atoms. The van der Waals surface area contributed by atoms with Gasteiger partial charge in [-0.2, -0.15) is 0 Å². The van der Waals surface area contributed by atoms with Gasteiger partial charge >= 0.3 is 0 Å². The van der Waals surface area contributed by atoms with Crippen LogP contribution in [0.25, 0.3) is 0 Å². The largest absolute Gasteiger partial charge is 0.384 e. The Morgan fingerprint density at radius 2 is 2.08 bits per heavy atom. The summed E-state index contributed by atoms with van der Waals surface area (Å²) in [5, 5.41) is 6.45. The Labute approximate surface area is 155 Å². The molecule has 2 heterocycles. The van der Waals surface area contributed by atoms with Crippen LogP contribution in [0.15, 0.2) is 0 Å². The first kappa shape index (κ1) is 21.5. The van der Waals surface area contributed by atoms with Crippen LogP contribution in [0.4, 0.5) is 0 Å². The number of rotatable bonds is 7. The molecule has 1 atom stereocenters. The van der Waals surface area contributed by atoms with E-state index in [0.29, 0.717) is 31.2 Å². The first-order valence-corrected chi connectivity index (χ1v) is 9.62. The molecule has 2 saturated heterocycles. The molecule has 2 rings (SSSR count). The fraction of sp³-hybridized carbons (Fsp3) is 0.875. The minimum absolute atomic E-state index is 0. The van der Waals surface area contributed by atoms with Crippen molar-refractivity contribution in [2.24, 2.45) is 5.41 Å². The van der Waals surface area contributed by atoms with Crippen LogP contribution >= 0.6 is 24.2 Å². The molecule has 2 N–H and O–H groups in total. The van der Waals surface area contributed by atoms with Gasteiger partial charge in [0, 0.05) is 31.2 Å². The number of piperidine rings is 1. The van der Waals surface area contributed by atoms with Crippen LogP contribution in [0.5, 0.6) is 0 Å². The van der Waals surface area contributed by atoms with Crippen molar-refractivity contribution >= 4 is 36.0 Å². The van der Waals surface area contributed by atoms with Crippen LogP contribution in [0.3, 0.4) is 0 Å². The third kappa shape index (κ3) is 5.51. The van der Waals surface area contributed by atoms with E-state index in [-0.39, 0.29) is 35.7 Å². The molecule has 0 saturated carbocycles. The molecule has 0 bridgehead atoms. The lowest BCUT2D eigenvalue weighted by Gasteiger charge is -2.37. The highest BCUT2D eigenvalue weighted by molar-refractivity contribution is 7.99. The summed E-state index contributed by atoms with van der Waals surface area (Å²) in [5.41, 5.74) is 0.0136. The molecule has 0 aromatic carbocycles. The molecule has 2 aliphatic heterocycles. The van der Waals surface area contributed by atoms with E-state index in [2.05, 4.69) is 10.6 Å². The Kier molecular flexibility index (Phi) is 9.41. The Morgan fingerprint density at radius 1 is 1.38 bits per heavy atom. The molecule has 0 aromatic heterocycles. The molecule has 2 aliphatic rings. The number of carbonyl (C=O) groups excluding carboxylic acids is 2. The SMILES string of the molecule is CCCC(=O)N1CSCC1C(=O)NCC1(COC)CCNCC1.Cl. The molecule has 0 radical (unpaired) electrons. The molecule has 1 unspecified atom stereocenters. The lowest BCUT2D eigenvalue weighted by molar-refractivity contribution is -0.138. The minimum Gasteiger partial charge on any atom is -0.384 e. The predicted molar refractivity (Wildman–Crippen MR) is 99.5 cm³/mol. The number of amides is 2. The molecule has 2 fully saturated rings. The normalized spacial score (nSPS) is 22.8. The zero-order chi connectivity index (χ0) is 16.7. The zero-order valence-corrected chi connectivity index (χ0v) is 16.3.